The van der Waals surface area contributed by atoms with Gasteiger partial charge in [-0.3, -0.25) is 4.79 Å². The lowest BCUT2D eigenvalue weighted by atomic mass is 10.2. The van der Waals surface area contributed by atoms with Gasteiger partial charge in [0, 0.05) is 24.0 Å². The second-order valence-corrected chi connectivity index (χ2v) is 3.65. The Labute approximate surface area is 92.2 Å². The van der Waals surface area contributed by atoms with E-state index in [1.165, 1.54) is 6.92 Å². The van der Waals surface area contributed by atoms with Gasteiger partial charge in [0.05, 0.1) is 0 Å². The summed E-state index contributed by atoms with van der Waals surface area (Å²) in [7, 11) is 0. The van der Waals surface area contributed by atoms with E-state index in [9.17, 15) is 9.59 Å². The fourth-order valence-electron chi connectivity index (χ4n) is 1.47. The number of hydrogen-bond acceptors (Lipinski definition) is 3. The summed E-state index contributed by atoms with van der Waals surface area (Å²) in [6.07, 6.45) is 1.57. The number of aromatic nitrogens is 1. The van der Waals surface area contributed by atoms with Crippen molar-refractivity contribution >= 4 is 22.7 Å². The Morgan fingerprint density at radius 3 is 2.75 bits per heavy atom. The third-order valence-electron chi connectivity index (χ3n) is 2.29. The summed E-state index contributed by atoms with van der Waals surface area (Å²) >= 11 is 0. The molecule has 0 aliphatic rings. The molecule has 0 amide bonds. The monoisotopic (exact) mass is 217 g/mol. The first-order chi connectivity index (χ1) is 7.58. The Balaban J connectivity index is 2.39. The van der Waals surface area contributed by atoms with Gasteiger partial charge in [-0.15, -0.1) is 0 Å². The van der Waals surface area contributed by atoms with Crippen LogP contribution in [0.5, 0.6) is 5.75 Å². The average molecular weight is 217 g/mol. The number of nitrogens with one attached hydrogen (secondary N) is 1. The number of aromatic amines is 1. The first kappa shape index (κ1) is 10.4. The number of carbonyl (C=O) groups excluding carboxylic acids is 2. The predicted molar refractivity (Wildman–Crippen MR) is 59.4 cm³/mol. The molecule has 0 atom stereocenters. The Morgan fingerprint density at radius 1 is 1.31 bits per heavy atom. The standard InChI is InChI=1S/C12H11NO3/c1-7-3-4-9-10(5-7)13-6-11(9)16-12(15)8(2)14/h3-6,13H,1-2H3. The van der Waals surface area contributed by atoms with Gasteiger partial charge in [0.2, 0.25) is 5.78 Å². The Hall–Kier alpha value is -2.10. The molecule has 0 aliphatic heterocycles. The van der Waals surface area contributed by atoms with E-state index in [0.717, 1.165) is 16.5 Å². The Kier molecular flexibility index (Phi) is 2.48. The van der Waals surface area contributed by atoms with Crippen LogP contribution in [-0.4, -0.2) is 16.7 Å². The molecule has 1 heterocycles. The molecular weight excluding hydrogens is 206 g/mol. The van der Waals surface area contributed by atoms with Crippen molar-refractivity contribution in [2.75, 3.05) is 0 Å². The van der Waals surface area contributed by atoms with Gasteiger partial charge in [-0.2, -0.15) is 0 Å². The van der Waals surface area contributed by atoms with Crippen LogP contribution in [0.1, 0.15) is 12.5 Å². The number of aryl methyl sites for hydroxylation is 1. The van der Waals surface area contributed by atoms with Crippen LogP contribution < -0.4 is 4.74 Å². The predicted octanol–water partition coefficient (Wildman–Crippen LogP) is 1.97. The van der Waals surface area contributed by atoms with Crippen LogP contribution in [-0.2, 0) is 9.59 Å². The van der Waals surface area contributed by atoms with Crippen molar-refractivity contribution in [2.24, 2.45) is 0 Å². The molecule has 0 unspecified atom stereocenters. The van der Waals surface area contributed by atoms with Crippen LogP contribution in [0.15, 0.2) is 24.4 Å². The van der Waals surface area contributed by atoms with E-state index in [0.29, 0.717) is 5.75 Å². The van der Waals surface area contributed by atoms with E-state index in [4.69, 9.17) is 4.74 Å². The molecule has 1 aromatic heterocycles. The number of ketones is 1. The summed E-state index contributed by atoms with van der Waals surface area (Å²) in [5, 5.41) is 0.792. The van der Waals surface area contributed by atoms with E-state index < -0.39 is 11.8 Å². The van der Waals surface area contributed by atoms with Gasteiger partial charge >= 0.3 is 5.97 Å². The maximum absolute atomic E-state index is 11.1. The molecular formula is C12H11NO3. The van der Waals surface area contributed by atoms with Crippen molar-refractivity contribution in [3.63, 3.8) is 0 Å². The number of rotatable bonds is 2. The van der Waals surface area contributed by atoms with E-state index in [1.54, 1.807) is 6.20 Å². The molecule has 0 saturated carbocycles. The first-order valence-corrected chi connectivity index (χ1v) is 4.88. The minimum atomic E-state index is -0.846. The molecule has 1 aromatic carbocycles. The Bertz CT molecular complexity index is 569. The molecule has 1 N–H and O–H groups in total. The zero-order valence-corrected chi connectivity index (χ0v) is 9.03. The van der Waals surface area contributed by atoms with Gasteiger partial charge in [0.1, 0.15) is 0 Å². The highest BCUT2D eigenvalue weighted by Gasteiger charge is 2.13. The van der Waals surface area contributed by atoms with E-state index in [2.05, 4.69) is 4.98 Å². The minimum absolute atomic E-state index is 0.384. The molecule has 0 bridgehead atoms. The maximum atomic E-state index is 11.1. The van der Waals surface area contributed by atoms with Crippen molar-refractivity contribution in [1.82, 2.24) is 4.98 Å². The van der Waals surface area contributed by atoms with Crippen LogP contribution in [0.25, 0.3) is 10.9 Å². The fraction of sp³-hybridized carbons (Fsp3) is 0.167. The second-order valence-electron chi connectivity index (χ2n) is 3.65. The second kappa shape index (κ2) is 3.81. The van der Waals surface area contributed by atoms with Gasteiger partial charge in [-0.05, 0) is 24.6 Å². The zero-order valence-electron chi connectivity index (χ0n) is 9.03. The topological polar surface area (TPSA) is 59.2 Å². The van der Waals surface area contributed by atoms with Crippen molar-refractivity contribution in [3.05, 3.63) is 30.0 Å². The highest BCUT2D eigenvalue weighted by Crippen LogP contribution is 2.26. The first-order valence-electron chi connectivity index (χ1n) is 4.88. The molecule has 0 aliphatic carbocycles. The molecule has 4 nitrogen and oxygen atoms in total. The molecule has 0 radical (unpaired) electrons. The third-order valence-corrected chi connectivity index (χ3v) is 2.29. The van der Waals surface area contributed by atoms with E-state index in [1.807, 2.05) is 25.1 Å². The number of hydrogen-bond donors (Lipinski definition) is 1. The van der Waals surface area contributed by atoms with Crippen LogP contribution in [0.3, 0.4) is 0 Å². The smallest absolute Gasteiger partial charge is 0.379 e. The number of Topliss-reactive ketones (excluding diaryl/α,β-unsaturated/α-hetero) is 1. The average Bonchev–Trinajstić information content (AvgIpc) is 2.60. The molecule has 16 heavy (non-hydrogen) atoms. The number of benzene rings is 1. The van der Waals surface area contributed by atoms with Crippen LogP contribution >= 0.6 is 0 Å². The summed E-state index contributed by atoms with van der Waals surface area (Å²) in [6.45, 7) is 3.16. The number of fused-ring (bicyclic) bond motifs is 1. The van der Waals surface area contributed by atoms with Gasteiger partial charge in [-0.25, -0.2) is 4.79 Å². The van der Waals surface area contributed by atoms with Gasteiger partial charge in [0.15, 0.2) is 5.75 Å². The SMILES string of the molecule is CC(=O)C(=O)Oc1c[nH]c2cc(C)ccc12. The minimum Gasteiger partial charge on any atom is -0.419 e. The molecule has 82 valence electrons. The molecule has 0 saturated heterocycles. The fourth-order valence-corrected chi connectivity index (χ4v) is 1.47. The highest BCUT2D eigenvalue weighted by atomic mass is 16.5. The third kappa shape index (κ3) is 1.82. The summed E-state index contributed by atoms with van der Waals surface area (Å²) in [5.41, 5.74) is 1.99. The zero-order chi connectivity index (χ0) is 11.7. The Morgan fingerprint density at radius 2 is 2.06 bits per heavy atom. The van der Waals surface area contributed by atoms with Crippen LogP contribution in [0, 0.1) is 6.92 Å². The molecule has 0 spiro atoms. The summed E-state index contributed by atoms with van der Waals surface area (Å²) in [4.78, 5) is 24.9. The van der Waals surface area contributed by atoms with Crippen molar-refractivity contribution in [2.45, 2.75) is 13.8 Å². The maximum Gasteiger partial charge on any atom is 0.379 e. The summed E-state index contributed by atoms with van der Waals surface area (Å²) < 4.78 is 4.95. The lowest BCUT2D eigenvalue weighted by Crippen LogP contribution is -2.16. The number of carbonyl (C=O) groups is 2. The lowest BCUT2D eigenvalue weighted by molar-refractivity contribution is -0.145. The number of ether oxygens (including phenoxy) is 1. The van der Waals surface area contributed by atoms with Crippen molar-refractivity contribution < 1.29 is 14.3 Å². The quantitative estimate of drug-likeness (QED) is 0.618. The normalized spacial score (nSPS) is 10.4. The molecule has 0 fully saturated rings. The van der Waals surface area contributed by atoms with Crippen LogP contribution in [0.4, 0.5) is 0 Å². The van der Waals surface area contributed by atoms with Gasteiger partial charge in [-0.1, -0.05) is 6.07 Å². The summed E-state index contributed by atoms with van der Waals surface area (Å²) in [6, 6.07) is 5.71. The number of esters is 1. The molecule has 2 rings (SSSR count). The molecule has 4 heteroatoms. The van der Waals surface area contributed by atoms with Crippen molar-refractivity contribution in [3.8, 4) is 5.75 Å². The van der Waals surface area contributed by atoms with Crippen molar-refractivity contribution in [1.29, 1.82) is 0 Å². The highest BCUT2D eigenvalue weighted by molar-refractivity contribution is 6.33. The van der Waals surface area contributed by atoms with Crippen LogP contribution in [0.2, 0.25) is 0 Å². The largest absolute Gasteiger partial charge is 0.419 e. The molecule has 2 aromatic rings. The van der Waals surface area contributed by atoms with E-state index >= 15 is 0 Å². The van der Waals surface area contributed by atoms with Gasteiger partial charge in [0.25, 0.3) is 0 Å². The summed E-state index contributed by atoms with van der Waals surface area (Å²) in [5.74, 6) is -1.07. The lowest BCUT2D eigenvalue weighted by Gasteiger charge is -1.99. The number of H-pyrrole nitrogens is 1. The van der Waals surface area contributed by atoms with E-state index in [-0.39, 0.29) is 0 Å². The van der Waals surface area contributed by atoms with Gasteiger partial charge < -0.3 is 9.72 Å².